The highest BCUT2D eigenvalue weighted by Gasteiger charge is 2.12. The Labute approximate surface area is 189 Å². The maximum Gasteiger partial charge on any atom is 0.343 e. The molecule has 7 heteroatoms. The molecule has 0 radical (unpaired) electrons. The molecule has 0 heterocycles. The lowest BCUT2D eigenvalue weighted by atomic mass is 10.2. The van der Waals surface area contributed by atoms with Gasteiger partial charge in [0.05, 0.1) is 18.4 Å². The van der Waals surface area contributed by atoms with Crippen molar-refractivity contribution in [2.45, 2.75) is 13.3 Å². The number of carbonyl (C=O) groups is 2. The molecule has 0 aliphatic carbocycles. The first kappa shape index (κ1) is 22.2. The third-order valence-corrected chi connectivity index (χ3v) is 4.64. The molecule has 31 heavy (non-hydrogen) atoms. The van der Waals surface area contributed by atoms with Gasteiger partial charge >= 0.3 is 5.97 Å². The molecule has 1 amide bonds. The van der Waals surface area contributed by atoms with E-state index in [2.05, 4.69) is 26.5 Å². The van der Waals surface area contributed by atoms with Crippen molar-refractivity contribution in [2.75, 3.05) is 6.61 Å². The van der Waals surface area contributed by atoms with E-state index >= 15 is 0 Å². The second-order valence-corrected chi connectivity index (χ2v) is 7.43. The van der Waals surface area contributed by atoms with Gasteiger partial charge in [0, 0.05) is 15.6 Å². The summed E-state index contributed by atoms with van der Waals surface area (Å²) in [6.45, 7) is 2.64. The first-order valence-electron chi connectivity index (χ1n) is 9.70. The van der Waals surface area contributed by atoms with Crippen molar-refractivity contribution in [3.63, 3.8) is 0 Å². The molecule has 6 nitrogen and oxygen atoms in total. The summed E-state index contributed by atoms with van der Waals surface area (Å²) < 4.78 is 11.9. The summed E-state index contributed by atoms with van der Waals surface area (Å²) in [5, 5.41) is 3.99. The molecule has 0 aliphatic heterocycles. The Kier molecular flexibility index (Phi) is 7.95. The highest BCUT2D eigenvalue weighted by Crippen LogP contribution is 2.23. The van der Waals surface area contributed by atoms with Crippen molar-refractivity contribution in [2.24, 2.45) is 5.10 Å². The van der Waals surface area contributed by atoms with Gasteiger partial charge in [0.2, 0.25) is 0 Å². The molecule has 0 unspecified atom stereocenters. The number of halogens is 1. The van der Waals surface area contributed by atoms with Crippen LogP contribution >= 0.6 is 15.9 Å². The fourth-order valence-electron chi connectivity index (χ4n) is 2.59. The van der Waals surface area contributed by atoms with Crippen LogP contribution < -0.4 is 14.9 Å². The zero-order valence-electron chi connectivity index (χ0n) is 16.9. The fraction of sp³-hybridized carbons (Fsp3) is 0.125. The minimum Gasteiger partial charge on any atom is -0.494 e. The predicted molar refractivity (Wildman–Crippen MR) is 123 cm³/mol. The summed E-state index contributed by atoms with van der Waals surface area (Å²) in [6.07, 6.45) is 2.33. The number of amides is 1. The molecule has 0 bridgehead atoms. The highest BCUT2D eigenvalue weighted by atomic mass is 79.9. The molecule has 0 fully saturated rings. The van der Waals surface area contributed by atoms with Gasteiger partial charge in [0.25, 0.3) is 5.91 Å². The molecule has 0 atom stereocenters. The van der Waals surface area contributed by atoms with Crippen molar-refractivity contribution < 1.29 is 19.1 Å². The van der Waals surface area contributed by atoms with E-state index in [1.165, 1.54) is 6.21 Å². The average Bonchev–Trinajstić information content (AvgIpc) is 2.80. The molecule has 158 valence electrons. The van der Waals surface area contributed by atoms with Crippen LogP contribution in [0.5, 0.6) is 11.5 Å². The van der Waals surface area contributed by atoms with Crippen LogP contribution in [0.4, 0.5) is 0 Å². The Hall–Kier alpha value is -3.45. The van der Waals surface area contributed by atoms with Crippen molar-refractivity contribution in [3.8, 4) is 11.5 Å². The lowest BCUT2D eigenvalue weighted by Gasteiger charge is -2.09. The molecular weight excluding hydrogens is 460 g/mol. The van der Waals surface area contributed by atoms with E-state index in [1.54, 1.807) is 66.7 Å². The Bertz CT molecular complexity index is 1070. The Morgan fingerprint density at radius 1 is 1.00 bits per heavy atom. The van der Waals surface area contributed by atoms with Gasteiger partial charge in [0.1, 0.15) is 11.5 Å². The Morgan fingerprint density at radius 2 is 1.74 bits per heavy atom. The van der Waals surface area contributed by atoms with Crippen molar-refractivity contribution in [1.82, 2.24) is 5.43 Å². The largest absolute Gasteiger partial charge is 0.494 e. The summed E-state index contributed by atoms with van der Waals surface area (Å²) in [5.74, 6) is 0.171. The minimum absolute atomic E-state index is 0.317. The number of hydrogen-bond donors (Lipinski definition) is 1. The topological polar surface area (TPSA) is 77.0 Å². The van der Waals surface area contributed by atoms with E-state index in [-0.39, 0.29) is 5.91 Å². The molecule has 0 aliphatic rings. The van der Waals surface area contributed by atoms with Crippen LogP contribution in [-0.2, 0) is 0 Å². The normalized spacial score (nSPS) is 10.6. The van der Waals surface area contributed by atoms with Gasteiger partial charge in [-0.2, -0.15) is 5.10 Å². The van der Waals surface area contributed by atoms with E-state index in [0.29, 0.717) is 34.8 Å². The summed E-state index contributed by atoms with van der Waals surface area (Å²) in [4.78, 5) is 24.7. The molecule has 0 spiro atoms. The molecule has 0 saturated heterocycles. The second-order valence-electron chi connectivity index (χ2n) is 6.51. The van der Waals surface area contributed by atoms with E-state index in [0.717, 1.165) is 10.9 Å². The summed E-state index contributed by atoms with van der Waals surface area (Å²) in [5.41, 5.74) is 3.88. The second kappa shape index (κ2) is 11.1. The predicted octanol–water partition coefficient (Wildman–Crippen LogP) is 5.22. The first-order valence-corrected chi connectivity index (χ1v) is 10.5. The van der Waals surface area contributed by atoms with E-state index in [1.807, 2.05) is 13.0 Å². The molecule has 1 N–H and O–H groups in total. The van der Waals surface area contributed by atoms with Gasteiger partial charge in [-0.3, -0.25) is 4.79 Å². The van der Waals surface area contributed by atoms with Crippen molar-refractivity contribution in [1.29, 1.82) is 0 Å². The average molecular weight is 481 g/mol. The Morgan fingerprint density at radius 3 is 2.45 bits per heavy atom. The van der Waals surface area contributed by atoms with E-state index < -0.39 is 5.97 Å². The number of hydrazone groups is 1. The SMILES string of the molecule is CCCOc1ccc(C(=O)Oc2ccc(Br)cc2/C=N\NC(=O)c2ccccc2)cc1. The summed E-state index contributed by atoms with van der Waals surface area (Å²) in [7, 11) is 0. The molecule has 3 rings (SSSR count). The van der Waals surface area contributed by atoms with E-state index in [9.17, 15) is 9.59 Å². The van der Waals surface area contributed by atoms with E-state index in [4.69, 9.17) is 9.47 Å². The quantitative estimate of drug-likeness (QED) is 0.207. The van der Waals surface area contributed by atoms with Crippen molar-refractivity contribution >= 4 is 34.0 Å². The van der Waals surface area contributed by atoms with Crippen LogP contribution in [0.1, 0.15) is 39.6 Å². The molecule has 3 aromatic rings. The molecular formula is C24H21BrN2O4. The standard InChI is InChI=1S/C24H21BrN2O4/c1-2-14-30-21-11-8-18(9-12-21)24(29)31-22-13-10-20(25)15-19(22)16-26-27-23(28)17-6-4-3-5-7-17/h3-13,15-16H,2,14H2,1H3,(H,27,28)/b26-16-. The maximum absolute atomic E-state index is 12.6. The third kappa shape index (κ3) is 6.52. The lowest BCUT2D eigenvalue weighted by molar-refractivity contribution is 0.0734. The molecule has 0 aromatic heterocycles. The summed E-state index contributed by atoms with van der Waals surface area (Å²) >= 11 is 3.39. The van der Waals surface area contributed by atoms with Crippen LogP contribution in [0.2, 0.25) is 0 Å². The van der Waals surface area contributed by atoms with Crippen LogP contribution in [0.3, 0.4) is 0 Å². The minimum atomic E-state index is -0.507. The number of ether oxygens (including phenoxy) is 2. The number of hydrogen-bond acceptors (Lipinski definition) is 5. The number of nitrogens with zero attached hydrogens (tertiary/aromatic N) is 1. The third-order valence-electron chi connectivity index (χ3n) is 4.14. The lowest BCUT2D eigenvalue weighted by Crippen LogP contribution is -2.17. The smallest absolute Gasteiger partial charge is 0.343 e. The first-order chi connectivity index (χ1) is 15.1. The number of nitrogens with one attached hydrogen (secondary N) is 1. The maximum atomic E-state index is 12.6. The van der Waals surface area contributed by atoms with Gasteiger partial charge < -0.3 is 9.47 Å². The monoisotopic (exact) mass is 480 g/mol. The molecule has 0 saturated carbocycles. The zero-order chi connectivity index (χ0) is 22.1. The van der Waals surface area contributed by atoms with Gasteiger partial charge in [-0.1, -0.05) is 41.1 Å². The number of carbonyl (C=O) groups excluding carboxylic acids is 2. The number of rotatable bonds is 8. The molecule has 3 aromatic carbocycles. The Balaban J connectivity index is 1.69. The summed E-state index contributed by atoms with van der Waals surface area (Å²) in [6, 6.07) is 20.7. The van der Waals surface area contributed by atoms with Crippen LogP contribution in [0, 0.1) is 0 Å². The van der Waals surface area contributed by atoms with Gasteiger partial charge in [-0.15, -0.1) is 0 Å². The highest BCUT2D eigenvalue weighted by molar-refractivity contribution is 9.10. The number of esters is 1. The van der Waals surface area contributed by atoms with Crippen LogP contribution in [0.15, 0.2) is 82.4 Å². The van der Waals surface area contributed by atoms with Gasteiger partial charge in [0.15, 0.2) is 0 Å². The van der Waals surface area contributed by atoms with Gasteiger partial charge in [-0.05, 0) is 61.0 Å². The van der Waals surface area contributed by atoms with Crippen molar-refractivity contribution in [3.05, 3.63) is 94.0 Å². The van der Waals surface area contributed by atoms with Crippen LogP contribution in [0.25, 0.3) is 0 Å². The fourth-order valence-corrected chi connectivity index (χ4v) is 2.97. The number of benzene rings is 3. The van der Waals surface area contributed by atoms with Crippen LogP contribution in [-0.4, -0.2) is 24.7 Å². The zero-order valence-corrected chi connectivity index (χ0v) is 18.5. The van der Waals surface area contributed by atoms with Gasteiger partial charge in [-0.25, -0.2) is 10.2 Å².